The number of amides is 1. The van der Waals surface area contributed by atoms with Gasteiger partial charge in [-0.25, -0.2) is 0 Å². The molecular formula is C20H33NO3. The molecule has 0 aliphatic carbocycles. The summed E-state index contributed by atoms with van der Waals surface area (Å²) in [6, 6.07) is 5.74. The number of unbranched alkanes of at least 4 members (excludes halogenated alkanes) is 2. The number of aryl methyl sites for hydroxylation is 1. The molecule has 1 amide bonds. The van der Waals surface area contributed by atoms with Crippen molar-refractivity contribution >= 4 is 11.6 Å². The summed E-state index contributed by atoms with van der Waals surface area (Å²) >= 11 is 0. The minimum atomic E-state index is -0.797. The summed E-state index contributed by atoms with van der Waals surface area (Å²) in [5, 5.41) is 2.98. The van der Waals surface area contributed by atoms with Crippen LogP contribution in [-0.4, -0.2) is 24.7 Å². The van der Waals surface area contributed by atoms with Gasteiger partial charge in [0.15, 0.2) is 0 Å². The molecule has 136 valence electrons. The Morgan fingerprint density at radius 3 is 2.54 bits per heavy atom. The number of hydrogen-bond acceptors (Lipinski definition) is 3. The van der Waals surface area contributed by atoms with Crippen molar-refractivity contribution in [1.29, 1.82) is 0 Å². The summed E-state index contributed by atoms with van der Waals surface area (Å²) in [5.74, 6) is 0.760. The van der Waals surface area contributed by atoms with Crippen LogP contribution in [0.3, 0.4) is 0 Å². The van der Waals surface area contributed by atoms with Gasteiger partial charge in [0.05, 0.1) is 6.10 Å². The van der Waals surface area contributed by atoms with Gasteiger partial charge in [0.2, 0.25) is 0 Å². The predicted molar refractivity (Wildman–Crippen MR) is 99.7 cm³/mol. The largest absolute Gasteiger partial charge is 0.490 e. The minimum Gasteiger partial charge on any atom is -0.490 e. The SMILES string of the molecule is CCCCCC(C)(OC)C(=O)Nc1ccc(OC(C)CC)c(C)c1. The van der Waals surface area contributed by atoms with Crippen molar-refractivity contribution in [1.82, 2.24) is 0 Å². The quantitative estimate of drug-likeness (QED) is 0.605. The average molecular weight is 335 g/mol. The maximum absolute atomic E-state index is 12.6. The Morgan fingerprint density at radius 1 is 1.29 bits per heavy atom. The van der Waals surface area contributed by atoms with Crippen LogP contribution in [0, 0.1) is 6.92 Å². The Labute approximate surface area is 146 Å². The number of carbonyl (C=O) groups excluding carboxylic acids is 1. The van der Waals surface area contributed by atoms with Crippen molar-refractivity contribution in [3.8, 4) is 5.75 Å². The first-order chi connectivity index (χ1) is 11.4. The van der Waals surface area contributed by atoms with Crippen molar-refractivity contribution in [2.75, 3.05) is 12.4 Å². The van der Waals surface area contributed by atoms with Crippen molar-refractivity contribution in [2.24, 2.45) is 0 Å². The van der Waals surface area contributed by atoms with E-state index in [-0.39, 0.29) is 12.0 Å². The van der Waals surface area contributed by atoms with E-state index >= 15 is 0 Å². The second kappa shape index (κ2) is 9.67. The molecule has 0 saturated heterocycles. The van der Waals surface area contributed by atoms with Crippen LogP contribution in [0.5, 0.6) is 5.75 Å². The lowest BCUT2D eigenvalue weighted by molar-refractivity contribution is -0.136. The third kappa shape index (κ3) is 5.82. The first-order valence-corrected chi connectivity index (χ1v) is 9.00. The van der Waals surface area contributed by atoms with E-state index in [0.29, 0.717) is 0 Å². The van der Waals surface area contributed by atoms with Crippen molar-refractivity contribution in [3.05, 3.63) is 23.8 Å². The number of benzene rings is 1. The van der Waals surface area contributed by atoms with E-state index in [1.807, 2.05) is 32.0 Å². The Morgan fingerprint density at radius 2 is 2.00 bits per heavy atom. The van der Waals surface area contributed by atoms with E-state index in [1.54, 1.807) is 7.11 Å². The number of methoxy groups -OCH3 is 1. The van der Waals surface area contributed by atoms with Crippen LogP contribution < -0.4 is 10.1 Å². The Hall–Kier alpha value is -1.55. The van der Waals surface area contributed by atoms with Gasteiger partial charge in [-0.2, -0.15) is 0 Å². The minimum absolute atomic E-state index is 0.101. The molecule has 0 aliphatic rings. The normalized spacial score (nSPS) is 14.8. The fourth-order valence-corrected chi connectivity index (χ4v) is 2.44. The highest BCUT2D eigenvalue weighted by Gasteiger charge is 2.32. The van der Waals surface area contributed by atoms with Crippen LogP contribution >= 0.6 is 0 Å². The molecule has 4 nitrogen and oxygen atoms in total. The first kappa shape index (κ1) is 20.5. The fraction of sp³-hybridized carbons (Fsp3) is 0.650. The number of nitrogens with one attached hydrogen (secondary N) is 1. The zero-order valence-corrected chi connectivity index (χ0v) is 16.1. The summed E-state index contributed by atoms with van der Waals surface area (Å²) in [6.07, 6.45) is 5.07. The Bertz CT molecular complexity index is 530. The van der Waals surface area contributed by atoms with Gasteiger partial charge >= 0.3 is 0 Å². The van der Waals surface area contributed by atoms with Gasteiger partial charge in [-0.1, -0.05) is 33.1 Å². The Kier molecular flexibility index (Phi) is 8.26. The van der Waals surface area contributed by atoms with E-state index in [2.05, 4.69) is 26.1 Å². The molecule has 0 saturated carbocycles. The first-order valence-electron chi connectivity index (χ1n) is 9.00. The molecule has 0 spiro atoms. The zero-order valence-electron chi connectivity index (χ0n) is 16.1. The van der Waals surface area contributed by atoms with Gasteiger partial charge < -0.3 is 14.8 Å². The van der Waals surface area contributed by atoms with Crippen LogP contribution in [-0.2, 0) is 9.53 Å². The molecule has 24 heavy (non-hydrogen) atoms. The van der Waals surface area contributed by atoms with Crippen molar-refractivity contribution < 1.29 is 14.3 Å². The van der Waals surface area contributed by atoms with Crippen molar-refractivity contribution in [2.45, 2.75) is 78.4 Å². The molecule has 0 bridgehead atoms. The van der Waals surface area contributed by atoms with Gasteiger partial charge in [0, 0.05) is 12.8 Å². The number of anilines is 1. The molecular weight excluding hydrogens is 302 g/mol. The van der Waals surface area contributed by atoms with E-state index in [4.69, 9.17) is 9.47 Å². The van der Waals surface area contributed by atoms with Gasteiger partial charge in [-0.3, -0.25) is 4.79 Å². The van der Waals surface area contributed by atoms with Crippen LogP contribution in [0.2, 0.25) is 0 Å². The second-order valence-electron chi connectivity index (χ2n) is 6.66. The summed E-state index contributed by atoms with van der Waals surface area (Å²) in [6.45, 7) is 10.1. The van der Waals surface area contributed by atoms with E-state index in [1.165, 1.54) is 0 Å². The van der Waals surface area contributed by atoms with Gasteiger partial charge in [0.25, 0.3) is 5.91 Å². The molecule has 0 heterocycles. The lowest BCUT2D eigenvalue weighted by Crippen LogP contribution is -2.41. The van der Waals surface area contributed by atoms with Crippen molar-refractivity contribution in [3.63, 3.8) is 0 Å². The summed E-state index contributed by atoms with van der Waals surface area (Å²) in [4.78, 5) is 12.6. The third-order valence-corrected chi connectivity index (χ3v) is 4.52. The maximum Gasteiger partial charge on any atom is 0.256 e. The van der Waals surface area contributed by atoms with Gasteiger partial charge in [0.1, 0.15) is 11.4 Å². The molecule has 2 atom stereocenters. The third-order valence-electron chi connectivity index (χ3n) is 4.52. The van der Waals surface area contributed by atoms with E-state index in [9.17, 15) is 4.79 Å². The average Bonchev–Trinajstić information content (AvgIpc) is 2.57. The van der Waals surface area contributed by atoms with Crippen LogP contribution in [0.25, 0.3) is 0 Å². The van der Waals surface area contributed by atoms with Crippen LogP contribution in [0.15, 0.2) is 18.2 Å². The molecule has 1 N–H and O–H groups in total. The van der Waals surface area contributed by atoms with Crippen LogP contribution in [0.4, 0.5) is 5.69 Å². The summed E-state index contributed by atoms with van der Waals surface area (Å²) in [7, 11) is 1.60. The lowest BCUT2D eigenvalue weighted by atomic mass is 9.97. The van der Waals surface area contributed by atoms with E-state index < -0.39 is 5.60 Å². The molecule has 1 aromatic rings. The predicted octanol–water partition coefficient (Wildman–Crippen LogP) is 5.10. The number of rotatable bonds is 10. The molecule has 0 aliphatic heterocycles. The standard InChI is InChI=1S/C20H33NO3/c1-7-9-10-13-20(5,23-6)19(22)21-17-11-12-18(15(3)14-17)24-16(4)8-2/h11-12,14,16H,7-10,13H2,1-6H3,(H,21,22). The molecule has 2 unspecified atom stereocenters. The topological polar surface area (TPSA) is 47.6 Å². The number of carbonyl (C=O) groups is 1. The Balaban J connectivity index is 2.76. The molecule has 1 rings (SSSR count). The summed E-state index contributed by atoms with van der Waals surface area (Å²) < 4.78 is 11.4. The van der Waals surface area contributed by atoms with E-state index in [0.717, 1.165) is 49.1 Å². The number of hydrogen-bond donors (Lipinski definition) is 1. The fourth-order valence-electron chi connectivity index (χ4n) is 2.44. The van der Waals surface area contributed by atoms with Gasteiger partial charge in [-0.15, -0.1) is 0 Å². The van der Waals surface area contributed by atoms with Crippen LogP contribution in [0.1, 0.15) is 65.4 Å². The maximum atomic E-state index is 12.6. The smallest absolute Gasteiger partial charge is 0.256 e. The molecule has 0 radical (unpaired) electrons. The molecule has 1 aromatic carbocycles. The number of ether oxygens (including phenoxy) is 2. The molecule has 0 fully saturated rings. The highest BCUT2D eigenvalue weighted by molar-refractivity contribution is 5.97. The highest BCUT2D eigenvalue weighted by atomic mass is 16.5. The highest BCUT2D eigenvalue weighted by Crippen LogP contribution is 2.26. The molecule has 4 heteroatoms. The zero-order chi connectivity index (χ0) is 18.2. The molecule has 0 aromatic heterocycles. The lowest BCUT2D eigenvalue weighted by Gasteiger charge is -2.27. The van der Waals surface area contributed by atoms with Gasteiger partial charge in [-0.05, 0) is 57.4 Å². The monoisotopic (exact) mass is 335 g/mol. The summed E-state index contributed by atoms with van der Waals surface area (Å²) in [5.41, 5.74) is 0.987. The second-order valence-corrected chi connectivity index (χ2v) is 6.66.